The minimum atomic E-state index is -0.202. The Morgan fingerprint density at radius 1 is 1.43 bits per heavy atom. The number of benzene rings is 1. The molecule has 1 aromatic carbocycles. The summed E-state index contributed by atoms with van der Waals surface area (Å²) in [7, 11) is 0. The van der Waals surface area contributed by atoms with Crippen molar-refractivity contribution in [2.24, 2.45) is 0 Å². The van der Waals surface area contributed by atoms with Gasteiger partial charge in [0, 0.05) is 6.61 Å². The predicted octanol–water partition coefficient (Wildman–Crippen LogP) is 2.42. The van der Waals surface area contributed by atoms with E-state index in [4.69, 9.17) is 4.74 Å². The monoisotopic (exact) mass is 195 g/mol. The van der Waals surface area contributed by atoms with E-state index < -0.39 is 0 Å². The van der Waals surface area contributed by atoms with Crippen LogP contribution in [0.25, 0.3) is 0 Å². The average molecular weight is 195 g/mol. The Bertz CT molecular complexity index is 316. The molecule has 3 heteroatoms. The third kappa shape index (κ3) is 1.87. The fraction of sp³-hybridized carbons (Fsp3) is 0.455. The molecule has 1 aliphatic rings. The van der Waals surface area contributed by atoms with E-state index in [2.05, 4.69) is 5.32 Å². The largest absolute Gasteiger partial charge is 0.377 e. The number of anilines is 1. The molecular weight excluding hydrogens is 181 g/mol. The van der Waals surface area contributed by atoms with Gasteiger partial charge in [-0.1, -0.05) is 12.1 Å². The molecule has 1 saturated heterocycles. The van der Waals surface area contributed by atoms with Gasteiger partial charge in [-0.2, -0.15) is 0 Å². The minimum absolute atomic E-state index is 0.162. The zero-order chi connectivity index (χ0) is 9.97. The van der Waals surface area contributed by atoms with E-state index in [-0.39, 0.29) is 18.0 Å². The summed E-state index contributed by atoms with van der Waals surface area (Å²) in [6.45, 7) is 2.76. The Kier molecular flexibility index (Phi) is 2.68. The minimum Gasteiger partial charge on any atom is -0.377 e. The van der Waals surface area contributed by atoms with Gasteiger partial charge >= 0.3 is 0 Å². The third-order valence-corrected chi connectivity index (χ3v) is 2.59. The standard InChI is InChI=1S/C11H14FNO/c1-8-10(6-7-14-8)13-11-5-3-2-4-9(11)12/h2-5,8,10,13H,6-7H2,1H3/t8-,10-/m1/s1. The lowest BCUT2D eigenvalue weighted by molar-refractivity contribution is 0.121. The Labute approximate surface area is 83.1 Å². The first-order valence-electron chi connectivity index (χ1n) is 4.90. The molecule has 1 fully saturated rings. The van der Waals surface area contributed by atoms with Crippen molar-refractivity contribution in [1.82, 2.24) is 0 Å². The van der Waals surface area contributed by atoms with Gasteiger partial charge in [-0.3, -0.25) is 0 Å². The molecule has 0 unspecified atom stereocenters. The topological polar surface area (TPSA) is 21.3 Å². The number of rotatable bonds is 2. The Balaban J connectivity index is 2.07. The summed E-state index contributed by atoms with van der Waals surface area (Å²) < 4.78 is 18.7. The summed E-state index contributed by atoms with van der Waals surface area (Å²) in [4.78, 5) is 0. The number of hydrogen-bond donors (Lipinski definition) is 1. The molecule has 2 atom stereocenters. The van der Waals surface area contributed by atoms with Crippen LogP contribution in [-0.2, 0) is 4.74 Å². The first kappa shape index (κ1) is 9.46. The van der Waals surface area contributed by atoms with Crippen molar-refractivity contribution >= 4 is 5.69 Å². The molecule has 0 aromatic heterocycles. The van der Waals surface area contributed by atoms with Gasteiger partial charge in [0.15, 0.2) is 0 Å². The fourth-order valence-corrected chi connectivity index (χ4v) is 1.70. The highest BCUT2D eigenvalue weighted by Crippen LogP contribution is 2.20. The average Bonchev–Trinajstić information content (AvgIpc) is 2.56. The molecule has 0 radical (unpaired) electrons. The summed E-state index contributed by atoms with van der Waals surface area (Å²) in [5.41, 5.74) is 0.565. The van der Waals surface area contributed by atoms with Gasteiger partial charge in [0.2, 0.25) is 0 Å². The molecule has 2 rings (SSSR count). The number of ether oxygens (including phenoxy) is 1. The maximum absolute atomic E-state index is 13.3. The molecule has 2 nitrogen and oxygen atoms in total. The molecule has 1 aliphatic heterocycles. The molecule has 14 heavy (non-hydrogen) atoms. The van der Waals surface area contributed by atoms with Crippen LogP contribution in [0.2, 0.25) is 0 Å². The molecule has 0 saturated carbocycles. The van der Waals surface area contributed by atoms with Crippen molar-refractivity contribution < 1.29 is 9.13 Å². The fourth-order valence-electron chi connectivity index (χ4n) is 1.70. The van der Waals surface area contributed by atoms with Crippen LogP contribution >= 0.6 is 0 Å². The Morgan fingerprint density at radius 2 is 2.21 bits per heavy atom. The van der Waals surface area contributed by atoms with E-state index in [1.165, 1.54) is 6.07 Å². The predicted molar refractivity (Wildman–Crippen MR) is 53.8 cm³/mol. The third-order valence-electron chi connectivity index (χ3n) is 2.59. The van der Waals surface area contributed by atoms with Gasteiger partial charge in [0.05, 0.1) is 17.8 Å². The lowest BCUT2D eigenvalue weighted by Gasteiger charge is -2.17. The number of para-hydroxylation sites is 1. The zero-order valence-electron chi connectivity index (χ0n) is 8.16. The van der Waals surface area contributed by atoms with Crippen LogP contribution in [0.1, 0.15) is 13.3 Å². The first-order chi connectivity index (χ1) is 6.77. The summed E-state index contributed by atoms with van der Waals surface area (Å²) in [6.07, 6.45) is 1.10. The van der Waals surface area contributed by atoms with Crippen molar-refractivity contribution in [2.75, 3.05) is 11.9 Å². The number of halogens is 1. The molecule has 0 spiro atoms. The summed E-state index contributed by atoms with van der Waals surface area (Å²) in [5.74, 6) is -0.202. The second kappa shape index (κ2) is 3.96. The molecule has 0 bridgehead atoms. The van der Waals surface area contributed by atoms with E-state index in [0.717, 1.165) is 13.0 Å². The van der Waals surface area contributed by atoms with Crippen LogP contribution in [0.4, 0.5) is 10.1 Å². The molecule has 0 amide bonds. The zero-order valence-corrected chi connectivity index (χ0v) is 8.16. The second-order valence-electron chi connectivity index (χ2n) is 3.60. The molecular formula is C11H14FNO. The van der Waals surface area contributed by atoms with Crippen molar-refractivity contribution in [3.63, 3.8) is 0 Å². The van der Waals surface area contributed by atoms with Gasteiger partial charge in [-0.15, -0.1) is 0 Å². The van der Waals surface area contributed by atoms with Crippen LogP contribution in [0.3, 0.4) is 0 Å². The van der Waals surface area contributed by atoms with Gasteiger partial charge in [-0.05, 0) is 25.5 Å². The van der Waals surface area contributed by atoms with E-state index >= 15 is 0 Å². The van der Waals surface area contributed by atoms with Crippen LogP contribution in [-0.4, -0.2) is 18.8 Å². The quantitative estimate of drug-likeness (QED) is 0.782. The SMILES string of the molecule is C[C@H]1OCC[C@H]1Nc1ccccc1F. The van der Waals surface area contributed by atoms with Crippen LogP contribution in [0.5, 0.6) is 0 Å². The number of nitrogens with one attached hydrogen (secondary N) is 1. The van der Waals surface area contributed by atoms with Crippen LogP contribution in [0, 0.1) is 5.82 Å². The Hall–Kier alpha value is -1.09. The molecule has 1 N–H and O–H groups in total. The maximum Gasteiger partial charge on any atom is 0.146 e. The lowest BCUT2D eigenvalue weighted by Crippen LogP contribution is -2.27. The van der Waals surface area contributed by atoms with Crippen LogP contribution in [0.15, 0.2) is 24.3 Å². The summed E-state index contributed by atoms with van der Waals surface area (Å²) in [5, 5.41) is 3.16. The second-order valence-corrected chi connectivity index (χ2v) is 3.60. The smallest absolute Gasteiger partial charge is 0.146 e. The first-order valence-corrected chi connectivity index (χ1v) is 4.90. The molecule has 76 valence electrons. The molecule has 1 heterocycles. The van der Waals surface area contributed by atoms with Gasteiger partial charge in [0.1, 0.15) is 5.82 Å². The van der Waals surface area contributed by atoms with Crippen LogP contribution < -0.4 is 5.32 Å². The van der Waals surface area contributed by atoms with Gasteiger partial charge < -0.3 is 10.1 Å². The summed E-state index contributed by atoms with van der Waals surface area (Å²) >= 11 is 0. The van der Waals surface area contributed by atoms with E-state index in [1.807, 2.05) is 13.0 Å². The maximum atomic E-state index is 13.3. The highest BCUT2D eigenvalue weighted by Gasteiger charge is 2.24. The number of hydrogen-bond acceptors (Lipinski definition) is 2. The van der Waals surface area contributed by atoms with Crippen molar-refractivity contribution in [1.29, 1.82) is 0 Å². The van der Waals surface area contributed by atoms with Crippen molar-refractivity contribution in [3.05, 3.63) is 30.1 Å². The molecule has 0 aliphatic carbocycles. The normalized spacial score (nSPS) is 26.4. The highest BCUT2D eigenvalue weighted by molar-refractivity contribution is 5.45. The van der Waals surface area contributed by atoms with Crippen molar-refractivity contribution in [2.45, 2.75) is 25.5 Å². The Morgan fingerprint density at radius 3 is 2.86 bits per heavy atom. The van der Waals surface area contributed by atoms with Gasteiger partial charge in [0.25, 0.3) is 0 Å². The highest BCUT2D eigenvalue weighted by atomic mass is 19.1. The lowest BCUT2D eigenvalue weighted by atomic mass is 10.1. The van der Waals surface area contributed by atoms with E-state index in [9.17, 15) is 4.39 Å². The summed E-state index contributed by atoms with van der Waals surface area (Å²) in [6, 6.07) is 6.95. The van der Waals surface area contributed by atoms with E-state index in [1.54, 1.807) is 12.1 Å². The van der Waals surface area contributed by atoms with Crippen molar-refractivity contribution in [3.8, 4) is 0 Å². The molecule has 1 aromatic rings. The van der Waals surface area contributed by atoms with Gasteiger partial charge in [-0.25, -0.2) is 4.39 Å². The van der Waals surface area contributed by atoms with E-state index in [0.29, 0.717) is 5.69 Å².